The quantitative estimate of drug-likeness (QED) is 0.568. The van der Waals surface area contributed by atoms with Crippen LogP contribution in [0.1, 0.15) is 12.8 Å². The minimum atomic E-state index is -0.345. The van der Waals surface area contributed by atoms with Gasteiger partial charge in [-0.05, 0) is 18.6 Å². The molecule has 0 saturated heterocycles. The van der Waals surface area contributed by atoms with Crippen LogP contribution in [-0.4, -0.2) is 26.4 Å². The Morgan fingerprint density at radius 2 is 2.44 bits per heavy atom. The lowest BCUT2D eigenvalue weighted by atomic mass is 10.3. The fraction of sp³-hybridized carbons (Fsp3) is 0.300. The lowest BCUT2D eigenvalue weighted by molar-refractivity contribution is 0.854. The fourth-order valence-electron chi connectivity index (χ4n) is 1.30. The molecule has 0 atom stereocenters. The van der Waals surface area contributed by atoms with Crippen LogP contribution in [-0.2, 0) is 0 Å². The van der Waals surface area contributed by atoms with Crippen LogP contribution in [0.4, 0.5) is 5.82 Å². The number of anilines is 1. The van der Waals surface area contributed by atoms with Gasteiger partial charge in [0, 0.05) is 13.0 Å². The molecule has 6 heteroatoms. The van der Waals surface area contributed by atoms with E-state index in [1.807, 2.05) is 0 Å². The third kappa shape index (κ3) is 2.03. The molecule has 0 radical (unpaired) electrons. The highest BCUT2D eigenvalue weighted by molar-refractivity contribution is 5.42. The highest BCUT2D eigenvalue weighted by Gasteiger charge is 2.01. The number of nitrogens with one attached hydrogen (secondary N) is 2. The summed E-state index contributed by atoms with van der Waals surface area (Å²) in [6.07, 6.45) is 6.73. The third-order valence-corrected chi connectivity index (χ3v) is 2.08. The predicted molar refractivity (Wildman–Crippen MR) is 60.2 cm³/mol. The highest BCUT2D eigenvalue weighted by atomic mass is 16.2. The van der Waals surface area contributed by atoms with Gasteiger partial charge in [0.25, 0.3) is 0 Å². The molecule has 0 aromatic carbocycles. The molecular formula is C10H11N5O. The van der Waals surface area contributed by atoms with Gasteiger partial charge in [0.05, 0.1) is 0 Å². The zero-order valence-electron chi connectivity index (χ0n) is 8.60. The molecular weight excluding hydrogens is 206 g/mol. The number of fused-ring (bicyclic) bond motifs is 1. The topological polar surface area (TPSA) is 75.1 Å². The summed E-state index contributed by atoms with van der Waals surface area (Å²) >= 11 is 0. The van der Waals surface area contributed by atoms with Crippen molar-refractivity contribution in [2.24, 2.45) is 0 Å². The van der Waals surface area contributed by atoms with Crippen LogP contribution in [0.5, 0.6) is 0 Å². The number of terminal acetylenes is 1. The molecule has 0 amide bonds. The normalized spacial score (nSPS) is 10.2. The molecule has 6 nitrogen and oxygen atoms in total. The van der Waals surface area contributed by atoms with Crippen LogP contribution in [0.25, 0.3) is 5.65 Å². The van der Waals surface area contributed by atoms with Gasteiger partial charge < -0.3 is 5.32 Å². The van der Waals surface area contributed by atoms with Crippen molar-refractivity contribution in [3.8, 4) is 12.3 Å². The molecule has 0 bridgehead atoms. The van der Waals surface area contributed by atoms with E-state index in [0.717, 1.165) is 19.4 Å². The van der Waals surface area contributed by atoms with Gasteiger partial charge in [-0.15, -0.1) is 17.4 Å². The van der Waals surface area contributed by atoms with Gasteiger partial charge in [-0.1, -0.05) is 0 Å². The Kier molecular flexibility index (Phi) is 2.87. The largest absolute Gasteiger partial charge is 0.369 e. The summed E-state index contributed by atoms with van der Waals surface area (Å²) in [6.45, 7) is 0.731. The Morgan fingerprint density at radius 3 is 3.25 bits per heavy atom. The van der Waals surface area contributed by atoms with Crippen molar-refractivity contribution in [3.63, 3.8) is 0 Å². The first-order valence-corrected chi connectivity index (χ1v) is 4.93. The number of unbranched alkanes of at least 4 members (excludes halogenated alkanes) is 1. The Balaban J connectivity index is 2.11. The second-order valence-corrected chi connectivity index (χ2v) is 3.25. The highest BCUT2D eigenvalue weighted by Crippen LogP contribution is 2.02. The average molecular weight is 217 g/mol. The van der Waals surface area contributed by atoms with Gasteiger partial charge >= 0.3 is 5.69 Å². The van der Waals surface area contributed by atoms with Crippen molar-refractivity contribution in [3.05, 3.63) is 22.6 Å². The Hall–Kier alpha value is -2.29. The first-order chi connectivity index (χ1) is 7.81. The summed E-state index contributed by atoms with van der Waals surface area (Å²) in [4.78, 5) is 11.2. The molecule has 2 rings (SSSR count). The zero-order chi connectivity index (χ0) is 11.4. The Bertz CT molecular complexity index is 577. The van der Waals surface area contributed by atoms with E-state index < -0.39 is 0 Å². The maximum Gasteiger partial charge on any atom is 0.364 e. The van der Waals surface area contributed by atoms with Crippen LogP contribution < -0.4 is 11.0 Å². The molecule has 2 heterocycles. The lowest BCUT2D eigenvalue weighted by Crippen LogP contribution is -2.14. The lowest BCUT2D eigenvalue weighted by Gasteiger charge is -2.03. The molecule has 0 unspecified atom stereocenters. The molecule has 0 aliphatic heterocycles. The van der Waals surface area contributed by atoms with Crippen LogP contribution in [0.15, 0.2) is 16.9 Å². The smallest absolute Gasteiger partial charge is 0.364 e. The summed E-state index contributed by atoms with van der Waals surface area (Å²) in [5.41, 5.74) is 0.154. The first-order valence-electron chi connectivity index (χ1n) is 4.93. The van der Waals surface area contributed by atoms with Gasteiger partial charge in [0.1, 0.15) is 5.82 Å². The number of nitrogens with zero attached hydrogens (tertiary/aromatic N) is 3. The minimum Gasteiger partial charge on any atom is -0.369 e. The van der Waals surface area contributed by atoms with Gasteiger partial charge in [0.2, 0.25) is 0 Å². The number of rotatable bonds is 4. The maximum absolute atomic E-state index is 11.2. The molecule has 2 aromatic rings. The van der Waals surface area contributed by atoms with E-state index in [9.17, 15) is 4.79 Å². The van der Waals surface area contributed by atoms with Gasteiger partial charge in [-0.25, -0.2) is 9.89 Å². The Morgan fingerprint density at radius 1 is 1.56 bits per heavy atom. The number of hydrogen-bond donors (Lipinski definition) is 2. The van der Waals surface area contributed by atoms with E-state index in [4.69, 9.17) is 6.42 Å². The van der Waals surface area contributed by atoms with Gasteiger partial charge in [-0.2, -0.15) is 9.61 Å². The summed E-state index contributed by atoms with van der Waals surface area (Å²) in [6, 6.07) is 3.49. The maximum atomic E-state index is 11.2. The molecule has 82 valence electrons. The van der Waals surface area contributed by atoms with Crippen LogP contribution in [0.3, 0.4) is 0 Å². The monoisotopic (exact) mass is 217 g/mol. The first kappa shape index (κ1) is 10.2. The van der Waals surface area contributed by atoms with Crippen molar-refractivity contribution in [1.82, 2.24) is 19.8 Å². The molecule has 16 heavy (non-hydrogen) atoms. The Labute approximate surface area is 91.7 Å². The SMILES string of the molecule is C#CCCCNc1ccc2n[nH]c(=O)n2n1. The number of hydrogen-bond acceptors (Lipinski definition) is 4. The molecule has 2 aromatic heterocycles. The van der Waals surface area contributed by atoms with E-state index in [1.54, 1.807) is 12.1 Å². The van der Waals surface area contributed by atoms with E-state index in [-0.39, 0.29) is 5.69 Å². The summed E-state index contributed by atoms with van der Waals surface area (Å²) in [5, 5.41) is 13.3. The third-order valence-electron chi connectivity index (χ3n) is 2.08. The summed E-state index contributed by atoms with van der Waals surface area (Å²) in [7, 11) is 0. The predicted octanol–water partition coefficient (Wildman–Crippen LogP) is 0.243. The number of aromatic nitrogens is 4. The number of H-pyrrole nitrogens is 1. The zero-order valence-corrected chi connectivity index (χ0v) is 8.60. The number of aromatic amines is 1. The summed E-state index contributed by atoms with van der Waals surface area (Å²) < 4.78 is 1.21. The second-order valence-electron chi connectivity index (χ2n) is 3.25. The van der Waals surface area contributed by atoms with Crippen molar-refractivity contribution in [2.45, 2.75) is 12.8 Å². The van der Waals surface area contributed by atoms with Crippen LogP contribution >= 0.6 is 0 Å². The second kappa shape index (κ2) is 4.49. The van der Waals surface area contributed by atoms with Crippen LogP contribution in [0, 0.1) is 12.3 Å². The van der Waals surface area contributed by atoms with Crippen molar-refractivity contribution in [2.75, 3.05) is 11.9 Å². The van der Waals surface area contributed by atoms with Crippen molar-refractivity contribution < 1.29 is 0 Å². The molecule has 0 aliphatic rings. The van der Waals surface area contributed by atoms with Gasteiger partial charge in [-0.3, -0.25) is 0 Å². The summed E-state index contributed by atoms with van der Waals surface area (Å²) in [5.74, 6) is 3.19. The molecule has 2 N–H and O–H groups in total. The van der Waals surface area contributed by atoms with E-state index in [0.29, 0.717) is 11.5 Å². The average Bonchev–Trinajstić information content (AvgIpc) is 2.67. The van der Waals surface area contributed by atoms with E-state index in [2.05, 4.69) is 26.5 Å². The van der Waals surface area contributed by atoms with Crippen LogP contribution in [0.2, 0.25) is 0 Å². The van der Waals surface area contributed by atoms with Crippen molar-refractivity contribution in [1.29, 1.82) is 0 Å². The molecule has 0 aliphatic carbocycles. The fourth-order valence-corrected chi connectivity index (χ4v) is 1.30. The van der Waals surface area contributed by atoms with E-state index in [1.165, 1.54) is 4.52 Å². The molecule has 0 spiro atoms. The molecule has 0 fully saturated rings. The van der Waals surface area contributed by atoms with Gasteiger partial charge in [0.15, 0.2) is 5.65 Å². The van der Waals surface area contributed by atoms with Crippen molar-refractivity contribution >= 4 is 11.5 Å². The standard InChI is InChI=1S/C10H11N5O/c1-2-3-4-7-11-8-5-6-9-12-13-10(16)15(9)14-8/h1,5-6H,3-4,7H2,(H,11,14)(H,13,16). The minimum absolute atomic E-state index is 0.345. The van der Waals surface area contributed by atoms with E-state index >= 15 is 0 Å². The molecule has 0 saturated carbocycles.